The van der Waals surface area contributed by atoms with Crippen LogP contribution in [0.5, 0.6) is 5.75 Å². The van der Waals surface area contributed by atoms with Crippen LogP contribution in [0.1, 0.15) is 25.3 Å². The number of hydrogen-bond acceptors (Lipinski definition) is 3. The van der Waals surface area contributed by atoms with E-state index < -0.39 is 5.91 Å². The van der Waals surface area contributed by atoms with E-state index in [-0.39, 0.29) is 6.61 Å². The first kappa shape index (κ1) is 12.9. The molecule has 1 aliphatic rings. The molecule has 0 saturated heterocycles. The zero-order valence-corrected chi connectivity index (χ0v) is 10.7. The Hall–Kier alpha value is -1.55. The Balaban J connectivity index is 1.77. The molecule has 18 heavy (non-hydrogen) atoms. The Morgan fingerprint density at radius 1 is 1.44 bits per heavy atom. The summed E-state index contributed by atoms with van der Waals surface area (Å²) in [7, 11) is 0. The van der Waals surface area contributed by atoms with Gasteiger partial charge in [-0.25, -0.2) is 0 Å². The number of nitrogens with two attached hydrogens (primary N) is 1. The van der Waals surface area contributed by atoms with Gasteiger partial charge in [-0.3, -0.25) is 4.79 Å². The zero-order valence-electron chi connectivity index (χ0n) is 10.7. The molecule has 4 nitrogen and oxygen atoms in total. The monoisotopic (exact) mass is 248 g/mol. The first-order valence-corrected chi connectivity index (χ1v) is 6.38. The van der Waals surface area contributed by atoms with Crippen molar-refractivity contribution in [3.8, 4) is 5.75 Å². The van der Waals surface area contributed by atoms with Gasteiger partial charge in [-0.2, -0.15) is 0 Å². The van der Waals surface area contributed by atoms with Gasteiger partial charge in [-0.05, 0) is 43.4 Å². The maximum atomic E-state index is 10.6. The van der Waals surface area contributed by atoms with Crippen molar-refractivity contribution in [1.82, 2.24) is 5.32 Å². The summed E-state index contributed by atoms with van der Waals surface area (Å²) in [5.74, 6) is 1.08. The number of carbonyl (C=O) groups excluding carboxylic acids is 1. The van der Waals surface area contributed by atoms with E-state index in [0.29, 0.717) is 11.8 Å². The summed E-state index contributed by atoms with van der Waals surface area (Å²) in [5, 5.41) is 3.52. The van der Waals surface area contributed by atoms with Gasteiger partial charge in [0, 0.05) is 12.6 Å². The Morgan fingerprint density at radius 2 is 2.11 bits per heavy atom. The molecule has 2 rings (SSSR count). The van der Waals surface area contributed by atoms with Crippen LogP contribution in [-0.4, -0.2) is 18.6 Å². The smallest absolute Gasteiger partial charge is 0.255 e. The summed E-state index contributed by atoms with van der Waals surface area (Å²) in [6.45, 7) is 3.03. The first-order chi connectivity index (χ1) is 8.65. The zero-order chi connectivity index (χ0) is 13.0. The lowest BCUT2D eigenvalue weighted by Crippen LogP contribution is -2.27. The van der Waals surface area contributed by atoms with Gasteiger partial charge in [0.25, 0.3) is 5.91 Å². The maximum absolute atomic E-state index is 10.6. The molecule has 1 fully saturated rings. The normalized spacial score (nSPS) is 16.3. The van der Waals surface area contributed by atoms with E-state index in [9.17, 15) is 4.79 Å². The maximum Gasteiger partial charge on any atom is 0.255 e. The summed E-state index contributed by atoms with van der Waals surface area (Å²) in [5.41, 5.74) is 6.23. The van der Waals surface area contributed by atoms with Crippen molar-refractivity contribution in [2.24, 2.45) is 11.7 Å². The highest BCUT2D eigenvalue weighted by atomic mass is 16.5. The highest BCUT2D eigenvalue weighted by molar-refractivity contribution is 5.75. The number of ether oxygens (including phenoxy) is 1. The molecule has 0 aromatic heterocycles. The first-order valence-electron chi connectivity index (χ1n) is 6.38. The molecule has 0 aliphatic heterocycles. The Morgan fingerprint density at radius 3 is 2.67 bits per heavy atom. The molecule has 4 heteroatoms. The molecule has 1 atom stereocenters. The van der Waals surface area contributed by atoms with Crippen molar-refractivity contribution in [2.75, 3.05) is 6.61 Å². The summed E-state index contributed by atoms with van der Waals surface area (Å²) in [6.07, 6.45) is 2.71. The van der Waals surface area contributed by atoms with Crippen LogP contribution in [-0.2, 0) is 11.3 Å². The number of amides is 1. The van der Waals surface area contributed by atoms with Gasteiger partial charge in [0.2, 0.25) is 0 Å². The highest BCUT2D eigenvalue weighted by Gasteiger charge is 2.27. The average molecular weight is 248 g/mol. The second kappa shape index (κ2) is 5.87. The molecule has 1 aromatic carbocycles. The Kier molecular flexibility index (Phi) is 4.20. The molecule has 3 N–H and O–H groups in total. The van der Waals surface area contributed by atoms with Crippen LogP contribution in [0.15, 0.2) is 24.3 Å². The standard InChI is InChI=1S/C14H20N2O2/c1-10(12-4-5-12)16-8-11-2-6-13(7-3-11)18-9-14(15)17/h2-3,6-7,10,12,16H,4-5,8-9H2,1H3,(H2,15,17). The van der Waals surface area contributed by atoms with E-state index in [1.807, 2.05) is 24.3 Å². The van der Waals surface area contributed by atoms with Crippen LogP contribution < -0.4 is 15.8 Å². The summed E-state index contributed by atoms with van der Waals surface area (Å²) >= 11 is 0. The second-order valence-electron chi connectivity index (χ2n) is 4.91. The van der Waals surface area contributed by atoms with Crippen molar-refractivity contribution in [3.63, 3.8) is 0 Å². The SMILES string of the molecule is CC(NCc1ccc(OCC(N)=O)cc1)C1CC1. The van der Waals surface area contributed by atoms with E-state index in [0.717, 1.165) is 12.5 Å². The van der Waals surface area contributed by atoms with Crippen LogP contribution >= 0.6 is 0 Å². The van der Waals surface area contributed by atoms with Crippen molar-refractivity contribution < 1.29 is 9.53 Å². The van der Waals surface area contributed by atoms with Crippen molar-refractivity contribution in [3.05, 3.63) is 29.8 Å². The average Bonchev–Trinajstić information content (AvgIpc) is 3.19. The lowest BCUT2D eigenvalue weighted by Gasteiger charge is -2.12. The molecule has 1 aliphatic carbocycles. The third-order valence-electron chi connectivity index (χ3n) is 3.26. The minimum absolute atomic E-state index is 0.0731. The number of rotatable bonds is 7. The summed E-state index contributed by atoms with van der Waals surface area (Å²) in [6, 6.07) is 8.32. The molecule has 0 heterocycles. The predicted molar refractivity (Wildman–Crippen MR) is 70.2 cm³/mol. The van der Waals surface area contributed by atoms with Crippen LogP contribution in [0.2, 0.25) is 0 Å². The molecule has 0 spiro atoms. The van der Waals surface area contributed by atoms with Crippen LogP contribution in [0, 0.1) is 5.92 Å². The van der Waals surface area contributed by atoms with Crippen LogP contribution in [0.3, 0.4) is 0 Å². The van der Waals surface area contributed by atoms with E-state index in [4.69, 9.17) is 10.5 Å². The minimum atomic E-state index is -0.459. The van der Waals surface area contributed by atoms with E-state index in [1.165, 1.54) is 18.4 Å². The number of nitrogens with one attached hydrogen (secondary N) is 1. The lowest BCUT2D eigenvalue weighted by molar-refractivity contribution is -0.119. The predicted octanol–water partition coefficient (Wildman–Crippen LogP) is 1.44. The third-order valence-corrected chi connectivity index (χ3v) is 3.26. The quantitative estimate of drug-likeness (QED) is 0.767. The van der Waals surface area contributed by atoms with E-state index >= 15 is 0 Å². The number of carbonyl (C=O) groups is 1. The van der Waals surface area contributed by atoms with Crippen molar-refractivity contribution >= 4 is 5.91 Å². The third kappa shape index (κ3) is 4.04. The van der Waals surface area contributed by atoms with Gasteiger partial charge in [0.05, 0.1) is 0 Å². The molecular weight excluding hydrogens is 228 g/mol. The molecular formula is C14H20N2O2. The molecule has 1 unspecified atom stereocenters. The fraction of sp³-hybridized carbons (Fsp3) is 0.500. The van der Waals surface area contributed by atoms with E-state index in [2.05, 4.69) is 12.2 Å². The molecule has 0 bridgehead atoms. The number of hydrogen-bond donors (Lipinski definition) is 2. The molecule has 1 amide bonds. The van der Waals surface area contributed by atoms with Gasteiger partial charge in [0.15, 0.2) is 6.61 Å². The Bertz CT molecular complexity index is 399. The summed E-state index contributed by atoms with van der Waals surface area (Å²) in [4.78, 5) is 10.6. The highest BCUT2D eigenvalue weighted by Crippen LogP contribution is 2.32. The Labute approximate surface area is 108 Å². The summed E-state index contributed by atoms with van der Waals surface area (Å²) < 4.78 is 5.20. The molecule has 0 radical (unpaired) electrons. The second-order valence-corrected chi connectivity index (χ2v) is 4.91. The van der Waals surface area contributed by atoms with Gasteiger partial charge in [-0.15, -0.1) is 0 Å². The number of primary amides is 1. The fourth-order valence-electron chi connectivity index (χ4n) is 1.90. The van der Waals surface area contributed by atoms with Gasteiger partial charge in [-0.1, -0.05) is 12.1 Å². The van der Waals surface area contributed by atoms with Gasteiger partial charge < -0.3 is 15.8 Å². The van der Waals surface area contributed by atoms with Crippen LogP contribution in [0.4, 0.5) is 0 Å². The lowest BCUT2D eigenvalue weighted by atomic mass is 10.1. The van der Waals surface area contributed by atoms with Crippen molar-refractivity contribution in [1.29, 1.82) is 0 Å². The van der Waals surface area contributed by atoms with Gasteiger partial charge in [0.1, 0.15) is 5.75 Å². The minimum Gasteiger partial charge on any atom is -0.484 e. The van der Waals surface area contributed by atoms with Crippen LogP contribution in [0.25, 0.3) is 0 Å². The number of benzene rings is 1. The topological polar surface area (TPSA) is 64.3 Å². The van der Waals surface area contributed by atoms with Crippen molar-refractivity contribution in [2.45, 2.75) is 32.4 Å². The molecule has 98 valence electrons. The largest absolute Gasteiger partial charge is 0.484 e. The van der Waals surface area contributed by atoms with E-state index in [1.54, 1.807) is 0 Å². The fourth-order valence-corrected chi connectivity index (χ4v) is 1.90. The van der Waals surface area contributed by atoms with Gasteiger partial charge >= 0.3 is 0 Å². The molecule has 1 aromatic rings. The molecule has 1 saturated carbocycles.